The van der Waals surface area contributed by atoms with Crippen LogP contribution in [0.25, 0.3) is 23.3 Å². The van der Waals surface area contributed by atoms with Gasteiger partial charge in [0.25, 0.3) is 11.8 Å². The molecule has 4 aromatic rings. The lowest BCUT2D eigenvalue weighted by molar-refractivity contribution is -0.111. The van der Waals surface area contributed by atoms with Crippen molar-refractivity contribution in [2.75, 3.05) is 30.2 Å². The van der Waals surface area contributed by atoms with Crippen LogP contribution in [0.4, 0.5) is 21.9 Å². The minimum atomic E-state index is -0.597. The van der Waals surface area contributed by atoms with E-state index in [2.05, 4.69) is 75.7 Å². The van der Waals surface area contributed by atoms with Gasteiger partial charge < -0.3 is 24.8 Å². The largest absolute Gasteiger partial charge is 0.496 e. The molecule has 0 unspecified atom stereocenters. The highest BCUT2D eigenvalue weighted by Gasteiger charge is 2.27. The van der Waals surface area contributed by atoms with Gasteiger partial charge in [-0.05, 0) is 139 Å². The lowest BCUT2D eigenvalue weighted by Crippen LogP contribution is -2.27. The second-order valence-electron chi connectivity index (χ2n) is 15.8. The lowest BCUT2D eigenvalue weighted by Gasteiger charge is -2.20. The zero-order chi connectivity index (χ0) is 41.1. The molecule has 0 radical (unpaired) electrons. The van der Waals surface area contributed by atoms with Gasteiger partial charge in [0, 0.05) is 44.4 Å². The maximum Gasteiger partial charge on any atom is 0.412 e. The molecule has 6 rings (SSSR count). The quantitative estimate of drug-likeness (QED) is 0.153. The van der Waals surface area contributed by atoms with Gasteiger partial charge in [-0.3, -0.25) is 14.9 Å². The van der Waals surface area contributed by atoms with Crippen LogP contribution in [-0.2, 0) is 14.3 Å². The van der Waals surface area contributed by atoms with Crippen molar-refractivity contribution in [1.29, 1.82) is 0 Å². The van der Waals surface area contributed by atoms with Gasteiger partial charge in [-0.1, -0.05) is 59.2 Å². The SMILES string of the molecule is COc1c(C(C)C)cc(C=C2C(=O)Nc3ccc(NC(=O)OC(C)(C)C)cc32)cc1C(C)C.COc1ccc(C=C2C(=O)Nc3ccc(Cl)cc32)cc1C(C)C. The molecule has 0 atom stereocenters. The van der Waals surface area contributed by atoms with Gasteiger partial charge in [0.1, 0.15) is 17.1 Å². The Morgan fingerprint density at radius 2 is 1.20 bits per heavy atom. The summed E-state index contributed by atoms with van der Waals surface area (Å²) >= 11 is 6.06. The van der Waals surface area contributed by atoms with E-state index in [1.807, 2.05) is 57.2 Å². The topological polar surface area (TPSA) is 115 Å². The number of rotatable bonds is 8. The molecule has 0 spiro atoms. The van der Waals surface area contributed by atoms with Crippen LogP contribution in [0.3, 0.4) is 0 Å². The molecule has 2 aliphatic rings. The van der Waals surface area contributed by atoms with Crippen LogP contribution < -0.4 is 25.4 Å². The number of methoxy groups -OCH3 is 2. The summed E-state index contributed by atoms with van der Waals surface area (Å²) < 4.78 is 16.5. The van der Waals surface area contributed by atoms with E-state index in [0.29, 0.717) is 33.5 Å². The normalized spacial score (nSPS) is 14.7. The van der Waals surface area contributed by atoms with Gasteiger partial charge in [0.15, 0.2) is 0 Å². The van der Waals surface area contributed by atoms with Gasteiger partial charge in [-0.25, -0.2) is 4.79 Å². The van der Waals surface area contributed by atoms with Crippen molar-refractivity contribution in [2.45, 2.75) is 85.7 Å². The minimum Gasteiger partial charge on any atom is -0.496 e. The fourth-order valence-corrected chi connectivity index (χ4v) is 6.81. The van der Waals surface area contributed by atoms with E-state index >= 15 is 0 Å². The van der Waals surface area contributed by atoms with Crippen molar-refractivity contribution in [3.05, 3.63) is 111 Å². The number of hydrogen-bond donors (Lipinski definition) is 3. The second kappa shape index (κ2) is 17.1. The smallest absolute Gasteiger partial charge is 0.412 e. The molecule has 4 aromatic carbocycles. The molecular weight excluding hydrogens is 726 g/mol. The van der Waals surface area contributed by atoms with E-state index in [1.165, 1.54) is 0 Å². The van der Waals surface area contributed by atoms with E-state index in [-0.39, 0.29) is 23.7 Å². The van der Waals surface area contributed by atoms with Crippen molar-refractivity contribution < 1.29 is 28.6 Å². The Morgan fingerprint density at radius 3 is 1.71 bits per heavy atom. The molecule has 0 aromatic heterocycles. The van der Waals surface area contributed by atoms with E-state index in [1.54, 1.807) is 38.5 Å². The number of carbonyl (C=O) groups excluding carboxylic acids is 3. The second-order valence-corrected chi connectivity index (χ2v) is 16.2. The highest BCUT2D eigenvalue weighted by molar-refractivity contribution is 6.37. The molecule has 0 saturated heterocycles. The van der Waals surface area contributed by atoms with E-state index in [9.17, 15) is 14.4 Å². The van der Waals surface area contributed by atoms with Gasteiger partial charge in [0.2, 0.25) is 0 Å². The van der Waals surface area contributed by atoms with Crippen LogP contribution in [0.15, 0.2) is 66.7 Å². The molecule has 9 nitrogen and oxygen atoms in total. The molecule has 0 aliphatic carbocycles. The maximum absolute atomic E-state index is 12.8. The van der Waals surface area contributed by atoms with Crippen LogP contribution in [0.5, 0.6) is 11.5 Å². The number of nitrogens with one attached hydrogen (secondary N) is 3. The third-order valence-corrected chi connectivity index (χ3v) is 9.56. The summed E-state index contributed by atoms with van der Waals surface area (Å²) in [5, 5.41) is 9.13. The third kappa shape index (κ3) is 9.63. The van der Waals surface area contributed by atoms with Crippen LogP contribution in [0.1, 0.15) is 119 Å². The summed E-state index contributed by atoms with van der Waals surface area (Å²) in [5.41, 5.74) is 9.45. The summed E-state index contributed by atoms with van der Waals surface area (Å²) in [4.78, 5) is 37.2. The van der Waals surface area contributed by atoms with Crippen molar-refractivity contribution in [1.82, 2.24) is 0 Å². The predicted molar refractivity (Wildman–Crippen MR) is 229 cm³/mol. The third-order valence-electron chi connectivity index (χ3n) is 9.33. The predicted octanol–water partition coefficient (Wildman–Crippen LogP) is 11.7. The fraction of sp³-hybridized carbons (Fsp3) is 0.326. The van der Waals surface area contributed by atoms with Crippen LogP contribution in [0, 0.1) is 0 Å². The first-order valence-corrected chi connectivity index (χ1v) is 19.2. The molecule has 3 N–H and O–H groups in total. The number of amides is 3. The van der Waals surface area contributed by atoms with Gasteiger partial charge in [-0.2, -0.15) is 0 Å². The first kappa shape index (κ1) is 41.6. The summed E-state index contributed by atoms with van der Waals surface area (Å²) in [7, 11) is 3.37. The number of anilines is 3. The standard InChI is InChI=1S/C27H34N2O4.C19H18ClNO2/c1-15(2)19-11-17(12-20(16(3)4)24(19)32-8)13-22-21-14-18(9-10-23(21)29-25(22)30)28-26(31)33-27(5,6)7;1-11(2)14-8-12(4-7-18(14)23-3)9-16-15-10-13(20)5-6-17(15)21-19(16)22/h9-16H,1-8H3,(H,28,31)(H,29,30);4-11H,1-3H3,(H,21,22). The Hall–Kier alpha value is -5.54. The van der Waals surface area contributed by atoms with E-state index in [4.69, 9.17) is 25.8 Å². The number of carbonyl (C=O) groups is 3. The minimum absolute atomic E-state index is 0.107. The van der Waals surface area contributed by atoms with Crippen molar-refractivity contribution >= 4 is 69.9 Å². The average Bonchev–Trinajstić information content (AvgIpc) is 3.60. The van der Waals surface area contributed by atoms with Crippen LogP contribution >= 0.6 is 11.6 Å². The van der Waals surface area contributed by atoms with E-state index < -0.39 is 11.7 Å². The fourth-order valence-electron chi connectivity index (χ4n) is 6.64. The molecule has 294 valence electrons. The lowest BCUT2D eigenvalue weighted by atomic mass is 9.90. The number of ether oxygens (including phenoxy) is 3. The Labute approximate surface area is 335 Å². The van der Waals surface area contributed by atoms with Crippen molar-refractivity contribution in [3.8, 4) is 11.5 Å². The number of benzene rings is 4. The molecule has 2 heterocycles. The monoisotopic (exact) mass is 777 g/mol. The molecular formula is C46H52ClN3O6. The summed E-state index contributed by atoms with van der Waals surface area (Å²) in [5.74, 6) is 2.36. The molecule has 56 heavy (non-hydrogen) atoms. The van der Waals surface area contributed by atoms with E-state index in [0.717, 1.165) is 56.1 Å². The summed E-state index contributed by atoms with van der Waals surface area (Å²) in [6.07, 6.45) is 3.25. The molecule has 3 amide bonds. The van der Waals surface area contributed by atoms with Gasteiger partial charge in [-0.15, -0.1) is 0 Å². The van der Waals surface area contributed by atoms with Gasteiger partial charge in [0.05, 0.1) is 14.2 Å². The first-order chi connectivity index (χ1) is 26.4. The molecule has 0 saturated carbocycles. The number of hydrogen-bond acceptors (Lipinski definition) is 6. The Bertz CT molecular complexity index is 2200. The molecule has 0 fully saturated rings. The highest BCUT2D eigenvalue weighted by Crippen LogP contribution is 2.40. The molecule has 2 aliphatic heterocycles. The zero-order valence-corrected chi connectivity index (χ0v) is 34.8. The molecule has 10 heteroatoms. The average molecular weight is 778 g/mol. The summed E-state index contributed by atoms with van der Waals surface area (Å²) in [6.45, 7) is 18.2. The molecule has 0 bridgehead atoms. The van der Waals surface area contributed by atoms with Crippen LogP contribution in [0.2, 0.25) is 5.02 Å². The Balaban J connectivity index is 0.000000228. The summed E-state index contributed by atoms with van der Waals surface area (Å²) in [6, 6.07) is 20.8. The number of fused-ring (bicyclic) bond motifs is 2. The van der Waals surface area contributed by atoms with Crippen LogP contribution in [-0.4, -0.2) is 37.7 Å². The Morgan fingerprint density at radius 1 is 0.679 bits per heavy atom. The zero-order valence-electron chi connectivity index (χ0n) is 34.1. The first-order valence-electron chi connectivity index (χ1n) is 18.8. The Kier molecular flexibility index (Phi) is 12.7. The van der Waals surface area contributed by atoms with Crippen molar-refractivity contribution in [2.24, 2.45) is 0 Å². The highest BCUT2D eigenvalue weighted by atomic mass is 35.5. The number of halogens is 1. The van der Waals surface area contributed by atoms with Gasteiger partial charge >= 0.3 is 6.09 Å². The maximum atomic E-state index is 12.8. The van der Waals surface area contributed by atoms with Crippen molar-refractivity contribution in [3.63, 3.8) is 0 Å².